The molecule has 2 atom stereocenters. The highest BCUT2D eigenvalue weighted by atomic mass is 35.5. The second-order valence-electron chi connectivity index (χ2n) is 6.16. The number of rotatable bonds is 10. The van der Waals surface area contributed by atoms with Gasteiger partial charge in [-0.2, -0.15) is 11.8 Å². The average Bonchev–Trinajstić information content (AvgIpc) is 2.70. The third-order valence-electron chi connectivity index (χ3n) is 4.05. The Bertz CT molecular complexity index is 843. The molecule has 6 nitrogen and oxygen atoms in total. The van der Waals surface area contributed by atoms with Gasteiger partial charge in [0.1, 0.15) is 12.4 Å². The Morgan fingerprint density at radius 2 is 1.93 bits per heavy atom. The minimum absolute atomic E-state index is 0.133. The molecule has 0 spiro atoms. The van der Waals surface area contributed by atoms with Gasteiger partial charge in [0.05, 0.1) is 5.25 Å². The van der Waals surface area contributed by atoms with Crippen molar-refractivity contribution in [2.45, 2.75) is 24.7 Å². The fourth-order valence-corrected chi connectivity index (χ4v) is 3.49. The molecular formula is C21H22ClNO5S. The summed E-state index contributed by atoms with van der Waals surface area (Å²) in [6.45, 7) is 1.48. The molecule has 0 aliphatic heterocycles. The Morgan fingerprint density at radius 3 is 2.52 bits per heavy atom. The van der Waals surface area contributed by atoms with E-state index >= 15 is 0 Å². The van der Waals surface area contributed by atoms with Gasteiger partial charge in [-0.15, -0.1) is 0 Å². The number of carbonyl (C=O) groups excluding carboxylic acids is 3. The van der Waals surface area contributed by atoms with Crippen LogP contribution in [0.5, 0.6) is 5.75 Å². The van der Waals surface area contributed by atoms with E-state index in [9.17, 15) is 14.4 Å². The molecule has 29 heavy (non-hydrogen) atoms. The lowest BCUT2D eigenvalue weighted by Gasteiger charge is -2.18. The Labute approximate surface area is 178 Å². The van der Waals surface area contributed by atoms with Crippen LogP contribution >= 0.6 is 23.4 Å². The first-order valence-corrected chi connectivity index (χ1v) is 10.5. The lowest BCUT2D eigenvalue weighted by atomic mass is 10.1. The maximum atomic E-state index is 11.8. The topological polar surface area (TPSA) is 81.7 Å². The number of hydrogen-bond donors (Lipinski definition) is 1. The molecule has 0 saturated heterocycles. The lowest BCUT2D eigenvalue weighted by molar-refractivity contribution is -0.148. The van der Waals surface area contributed by atoms with Crippen LogP contribution in [0.2, 0.25) is 5.02 Å². The normalized spacial score (nSPS) is 12.5. The molecule has 154 valence electrons. The van der Waals surface area contributed by atoms with E-state index in [4.69, 9.17) is 21.1 Å². The van der Waals surface area contributed by atoms with E-state index in [0.29, 0.717) is 23.6 Å². The van der Waals surface area contributed by atoms with Gasteiger partial charge in [0.25, 0.3) is 0 Å². The van der Waals surface area contributed by atoms with Crippen LogP contribution in [0.25, 0.3) is 0 Å². The van der Waals surface area contributed by atoms with Crippen LogP contribution in [-0.4, -0.2) is 36.4 Å². The van der Waals surface area contributed by atoms with Gasteiger partial charge in [0.2, 0.25) is 12.3 Å². The molecule has 8 heteroatoms. The minimum Gasteiger partial charge on any atom is -0.489 e. The highest BCUT2D eigenvalue weighted by Crippen LogP contribution is 2.24. The summed E-state index contributed by atoms with van der Waals surface area (Å²) in [4.78, 5) is 33.7. The Balaban J connectivity index is 2.01. The molecule has 2 unspecified atom stereocenters. The molecule has 0 aliphatic carbocycles. The van der Waals surface area contributed by atoms with Gasteiger partial charge in [0.15, 0.2) is 6.10 Å². The summed E-state index contributed by atoms with van der Waals surface area (Å²) in [6, 6.07) is 14.4. The monoisotopic (exact) mass is 435 g/mol. The quantitative estimate of drug-likeness (QED) is 0.454. The van der Waals surface area contributed by atoms with Crippen LogP contribution in [0, 0.1) is 0 Å². The predicted molar refractivity (Wildman–Crippen MR) is 113 cm³/mol. The molecule has 0 heterocycles. The first-order chi connectivity index (χ1) is 13.9. The highest BCUT2D eigenvalue weighted by molar-refractivity contribution is 7.99. The maximum Gasteiger partial charge on any atom is 0.303 e. The zero-order valence-corrected chi connectivity index (χ0v) is 17.7. The number of halogens is 1. The largest absolute Gasteiger partial charge is 0.489 e. The summed E-state index contributed by atoms with van der Waals surface area (Å²) in [7, 11) is 0. The number of hydrogen-bond acceptors (Lipinski definition) is 6. The van der Waals surface area contributed by atoms with E-state index in [1.165, 1.54) is 18.7 Å². The van der Waals surface area contributed by atoms with Gasteiger partial charge in [0, 0.05) is 11.9 Å². The summed E-state index contributed by atoms with van der Waals surface area (Å²) in [5, 5.41) is 2.37. The van der Waals surface area contributed by atoms with Crippen LogP contribution in [0.1, 0.15) is 24.2 Å². The number of benzene rings is 2. The van der Waals surface area contributed by atoms with Crippen molar-refractivity contribution in [2.75, 3.05) is 12.9 Å². The fourth-order valence-electron chi connectivity index (χ4n) is 2.65. The molecule has 1 N–H and O–H groups in total. The van der Waals surface area contributed by atoms with E-state index < -0.39 is 12.1 Å². The summed E-state index contributed by atoms with van der Waals surface area (Å²) in [5.74, 6) is -0.129. The van der Waals surface area contributed by atoms with Crippen molar-refractivity contribution in [3.05, 3.63) is 64.7 Å². The number of thioether (sulfide) groups is 1. The first-order valence-electron chi connectivity index (χ1n) is 8.84. The minimum atomic E-state index is -0.584. The first kappa shape index (κ1) is 22.8. The van der Waals surface area contributed by atoms with Crippen LogP contribution in [-0.2, 0) is 25.5 Å². The number of nitrogens with one attached hydrogen (secondary N) is 1. The SMILES string of the molecule is CSC(Cc1ccc(OCC(OC(C)=O)c2cccc(Cl)c2)cc1)C(=O)NC=O. The van der Waals surface area contributed by atoms with Gasteiger partial charge in [-0.25, -0.2) is 0 Å². The molecule has 0 bridgehead atoms. The molecule has 0 fully saturated rings. The van der Waals surface area contributed by atoms with Gasteiger partial charge in [-0.3, -0.25) is 19.7 Å². The number of amides is 2. The molecule has 2 rings (SSSR count). The van der Waals surface area contributed by atoms with Crippen LogP contribution in [0.15, 0.2) is 48.5 Å². The number of imide groups is 1. The summed E-state index contributed by atoms with van der Waals surface area (Å²) in [5.41, 5.74) is 1.68. The Kier molecular flexibility index (Phi) is 9.02. The van der Waals surface area contributed by atoms with Gasteiger partial charge in [-0.05, 0) is 48.1 Å². The molecule has 2 amide bonds. The number of esters is 1. The van der Waals surface area contributed by atoms with E-state index in [2.05, 4.69) is 5.32 Å². The van der Waals surface area contributed by atoms with Gasteiger partial charge >= 0.3 is 5.97 Å². The fraction of sp³-hybridized carbons (Fsp3) is 0.286. The Morgan fingerprint density at radius 1 is 1.21 bits per heavy atom. The van der Waals surface area contributed by atoms with Crippen molar-refractivity contribution in [1.82, 2.24) is 5.32 Å². The molecule has 0 aliphatic rings. The molecule has 0 aromatic heterocycles. The van der Waals surface area contributed by atoms with Crippen molar-refractivity contribution in [3.63, 3.8) is 0 Å². The van der Waals surface area contributed by atoms with E-state index in [-0.39, 0.29) is 17.8 Å². The van der Waals surface area contributed by atoms with Crippen molar-refractivity contribution in [2.24, 2.45) is 0 Å². The molecule has 2 aromatic carbocycles. The van der Waals surface area contributed by atoms with Crippen LogP contribution < -0.4 is 10.1 Å². The third-order valence-corrected chi connectivity index (χ3v) is 5.24. The third kappa shape index (κ3) is 7.44. The van der Waals surface area contributed by atoms with Gasteiger partial charge in [-0.1, -0.05) is 35.9 Å². The molecule has 0 radical (unpaired) electrons. The zero-order valence-electron chi connectivity index (χ0n) is 16.1. The van der Waals surface area contributed by atoms with Crippen molar-refractivity contribution in [1.29, 1.82) is 0 Å². The zero-order chi connectivity index (χ0) is 21.2. The summed E-state index contributed by atoms with van der Waals surface area (Å²) in [6.07, 6.45) is 2.11. The lowest BCUT2D eigenvalue weighted by Crippen LogP contribution is -2.32. The Hall–Kier alpha value is -2.51. The van der Waals surface area contributed by atoms with E-state index in [1.54, 1.807) is 30.3 Å². The maximum absolute atomic E-state index is 11.8. The van der Waals surface area contributed by atoms with Crippen LogP contribution in [0.3, 0.4) is 0 Å². The van der Waals surface area contributed by atoms with E-state index in [0.717, 1.165) is 11.1 Å². The smallest absolute Gasteiger partial charge is 0.303 e. The predicted octanol–water partition coefficient (Wildman–Crippen LogP) is 3.57. The molecular weight excluding hydrogens is 414 g/mol. The van der Waals surface area contributed by atoms with Crippen molar-refractivity contribution >= 4 is 41.6 Å². The summed E-state index contributed by atoms with van der Waals surface area (Å²) < 4.78 is 11.1. The average molecular weight is 436 g/mol. The number of ether oxygens (including phenoxy) is 2. The standard InChI is InChI=1S/C21H22ClNO5S/c1-14(25)28-19(16-4-3-5-17(22)11-16)12-27-18-8-6-15(7-9-18)10-20(29-2)21(26)23-13-24/h3-9,11,13,19-20H,10,12H2,1-2H3,(H,23,24,26). The molecule has 2 aromatic rings. The second kappa shape index (κ2) is 11.5. The second-order valence-corrected chi connectivity index (χ2v) is 7.64. The number of carbonyl (C=O) groups is 3. The summed E-state index contributed by atoms with van der Waals surface area (Å²) >= 11 is 7.40. The van der Waals surface area contributed by atoms with Gasteiger partial charge < -0.3 is 9.47 Å². The highest BCUT2D eigenvalue weighted by Gasteiger charge is 2.18. The van der Waals surface area contributed by atoms with E-state index in [1.807, 2.05) is 24.5 Å². The molecule has 0 saturated carbocycles. The van der Waals surface area contributed by atoms with Crippen molar-refractivity contribution in [3.8, 4) is 5.75 Å². The van der Waals surface area contributed by atoms with Crippen molar-refractivity contribution < 1.29 is 23.9 Å². The van der Waals surface area contributed by atoms with Crippen LogP contribution in [0.4, 0.5) is 0 Å².